The van der Waals surface area contributed by atoms with Crippen LogP contribution >= 0.6 is 0 Å². The third kappa shape index (κ3) is 2.41. The highest BCUT2D eigenvalue weighted by molar-refractivity contribution is 5.88. The summed E-state index contributed by atoms with van der Waals surface area (Å²) in [5.41, 5.74) is 1.39. The quantitative estimate of drug-likeness (QED) is 0.825. The van der Waals surface area contributed by atoms with Gasteiger partial charge in [-0.2, -0.15) is 0 Å². The van der Waals surface area contributed by atoms with E-state index in [1.807, 2.05) is 0 Å². The number of carbonyl (C=O) groups is 2. The number of carboxylic acids is 1. The van der Waals surface area contributed by atoms with Crippen LogP contribution < -0.4 is 5.32 Å². The van der Waals surface area contributed by atoms with E-state index in [1.165, 1.54) is 6.92 Å². The highest BCUT2D eigenvalue weighted by atomic mass is 16.4. The summed E-state index contributed by atoms with van der Waals surface area (Å²) in [6.07, 6.45) is 3.09. The van der Waals surface area contributed by atoms with Crippen molar-refractivity contribution >= 4 is 23.1 Å². The van der Waals surface area contributed by atoms with Gasteiger partial charge in [-0.05, 0) is 12.1 Å². The Morgan fingerprint density at radius 3 is 2.88 bits per heavy atom. The number of fused-ring (bicyclic) bond motifs is 1. The number of hydrogen-bond donors (Lipinski definition) is 2. The molecule has 0 spiro atoms. The molecule has 0 radical (unpaired) electrons. The molecule has 0 aromatic carbocycles. The van der Waals surface area contributed by atoms with Crippen molar-refractivity contribution in [2.24, 2.45) is 0 Å². The molecule has 2 N–H and O–H groups in total. The zero-order valence-corrected chi connectivity index (χ0v) is 9.17. The number of nitrogens with one attached hydrogen (secondary N) is 1. The Bertz CT molecular complexity index is 589. The summed E-state index contributed by atoms with van der Waals surface area (Å²) in [6.45, 7) is 1.41. The van der Waals surface area contributed by atoms with Gasteiger partial charge < -0.3 is 14.8 Å². The van der Waals surface area contributed by atoms with Crippen molar-refractivity contribution in [3.63, 3.8) is 0 Å². The van der Waals surface area contributed by atoms with Crippen LogP contribution in [0, 0.1) is 0 Å². The van der Waals surface area contributed by atoms with Crippen LogP contribution in [0.15, 0.2) is 24.5 Å². The molecule has 0 aliphatic carbocycles. The second kappa shape index (κ2) is 4.25. The maximum absolute atomic E-state index is 10.9. The Morgan fingerprint density at radius 2 is 2.24 bits per heavy atom. The highest BCUT2D eigenvalue weighted by Crippen LogP contribution is 2.13. The summed E-state index contributed by atoms with van der Waals surface area (Å²) in [7, 11) is 0. The molecule has 0 unspecified atom stereocenters. The number of anilines is 1. The second-order valence-corrected chi connectivity index (χ2v) is 3.64. The number of aromatic nitrogens is 2. The van der Waals surface area contributed by atoms with Crippen molar-refractivity contribution in [3.8, 4) is 0 Å². The molecule has 88 valence electrons. The Kier molecular flexibility index (Phi) is 2.78. The first-order valence-electron chi connectivity index (χ1n) is 5.01. The fourth-order valence-corrected chi connectivity index (χ4v) is 1.59. The van der Waals surface area contributed by atoms with Crippen molar-refractivity contribution in [1.82, 2.24) is 9.38 Å². The Morgan fingerprint density at radius 1 is 1.47 bits per heavy atom. The number of hydrogen-bond acceptors (Lipinski definition) is 3. The van der Waals surface area contributed by atoms with Gasteiger partial charge >= 0.3 is 5.97 Å². The van der Waals surface area contributed by atoms with Gasteiger partial charge in [0.25, 0.3) is 0 Å². The molecule has 0 saturated carbocycles. The Hall–Kier alpha value is -2.37. The lowest BCUT2D eigenvalue weighted by molar-refractivity contribution is -0.136. The van der Waals surface area contributed by atoms with Crippen LogP contribution in [0.25, 0.3) is 5.52 Å². The summed E-state index contributed by atoms with van der Waals surface area (Å²) in [6, 6.07) is 3.51. The van der Waals surface area contributed by atoms with Crippen molar-refractivity contribution in [2.45, 2.75) is 13.3 Å². The number of rotatable bonds is 3. The van der Waals surface area contributed by atoms with Crippen molar-refractivity contribution in [3.05, 3.63) is 30.4 Å². The maximum atomic E-state index is 10.9. The van der Waals surface area contributed by atoms with Gasteiger partial charge in [0, 0.05) is 13.1 Å². The zero-order valence-electron chi connectivity index (χ0n) is 9.17. The van der Waals surface area contributed by atoms with Crippen LogP contribution in [-0.4, -0.2) is 26.4 Å². The van der Waals surface area contributed by atoms with Gasteiger partial charge in [0.2, 0.25) is 5.91 Å². The Labute approximate surface area is 96.9 Å². The van der Waals surface area contributed by atoms with Gasteiger partial charge in [-0.15, -0.1) is 0 Å². The van der Waals surface area contributed by atoms with Crippen LogP contribution in [0.2, 0.25) is 0 Å². The molecule has 2 aromatic heterocycles. The van der Waals surface area contributed by atoms with E-state index in [2.05, 4.69) is 10.3 Å². The topological polar surface area (TPSA) is 83.7 Å². The van der Waals surface area contributed by atoms with Gasteiger partial charge in [0.05, 0.1) is 17.4 Å². The monoisotopic (exact) mass is 233 g/mol. The van der Waals surface area contributed by atoms with E-state index in [0.29, 0.717) is 11.5 Å². The molecule has 0 fully saturated rings. The minimum Gasteiger partial charge on any atom is -0.481 e. The molecule has 0 aliphatic heterocycles. The van der Waals surface area contributed by atoms with E-state index < -0.39 is 5.97 Å². The summed E-state index contributed by atoms with van der Waals surface area (Å²) in [5.74, 6) is -0.689. The van der Waals surface area contributed by atoms with E-state index in [0.717, 1.165) is 5.52 Å². The first-order chi connectivity index (χ1) is 8.06. The zero-order chi connectivity index (χ0) is 12.4. The first-order valence-corrected chi connectivity index (χ1v) is 5.01. The summed E-state index contributed by atoms with van der Waals surface area (Å²) in [5, 5.41) is 11.4. The fourth-order valence-electron chi connectivity index (χ4n) is 1.59. The van der Waals surface area contributed by atoms with E-state index in [-0.39, 0.29) is 12.3 Å². The lowest BCUT2D eigenvalue weighted by Crippen LogP contribution is -2.08. The maximum Gasteiger partial charge on any atom is 0.311 e. The van der Waals surface area contributed by atoms with Crippen molar-refractivity contribution in [1.29, 1.82) is 0 Å². The second-order valence-electron chi connectivity index (χ2n) is 3.64. The summed E-state index contributed by atoms with van der Waals surface area (Å²) < 4.78 is 1.65. The van der Waals surface area contributed by atoms with E-state index >= 15 is 0 Å². The smallest absolute Gasteiger partial charge is 0.311 e. The van der Waals surface area contributed by atoms with Crippen LogP contribution in [0.3, 0.4) is 0 Å². The molecule has 0 aliphatic rings. The molecule has 0 bridgehead atoms. The number of pyridine rings is 1. The molecule has 0 saturated heterocycles. The SMILES string of the molecule is CC(=O)Nc1ccc2cnc(CC(=O)O)n2c1. The number of carbonyl (C=O) groups excluding carboxylic acids is 1. The van der Waals surface area contributed by atoms with E-state index in [4.69, 9.17) is 5.11 Å². The normalized spacial score (nSPS) is 10.4. The number of imidazole rings is 1. The van der Waals surface area contributed by atoms with Crippen LogP contribution in [0.1, 0.15) is 12.7 Å². The predicted molar refractivity (Wildman–Crippen MR) is 60.8 cm³/mol. The van der Waals surface area contributed by atoms with Gasteiger partial charge in [-0.3, -0.25) is 9.59 Å². The molecular formula is C11H11N3O3. The number of aliphatic carboxylic acids is 1. The van der Waals surface area contributed by atoms with E-state index in [1.54, 1.807) is 28.9 Å². The molecular weight excluding hydrogens is 222 g/mol. The molecule has 17 heavy (non-hydrogen) atoms. The van der Waals surface area contributed by atoms with Gasteiger partial charge in [0.15, 0.2) is 0 Å². The molecule has 6 heteroatoms. The van der Waals surface area contributed by atoms with Gasteiger partial charge in [-0.25, -0.2) is 4.98 Å². The average molecular weight is 233 g/mol. The average Bonchev–Trinajstić information content (AvgIpc) is 2.59. The lowest BCUT2D eigenvalue weighted by atomic mass is 10.3. The molecule has 1 amide bonds. The fraction of sp³-hybridized carbons (Fsp3) is 0.182. The van der Waals surface area contributed by atoms with Crippen LogP contribution in [0.4, 0.5) is 5.69 Å². The van der Waals surface area contributed by atoms with Gasteiger partial charge in [0.1, 0.15) is 12.2 Å². The first kappa shape index (κ1) is 11.1. The summed E-state index contributed by atoms with van der Waals surface area (Å²) >= 11 is 0. The predicted octanol–water partition coefficient (Wildman–Crippen LogP) is 0.920. The third-order valence-corrected chi connectivity index (χ3v) is 2.23. The Balaban J connectivity index is 2.42. The van der Waals surface area contributed by atoms with Crippen molar-refractivity contribution in [2.75, 3.05) is 5.32 Å². The largest absolute Gasteiger partial charge is 0.481 e. The number of nitrogens with zero attached hydrogens (tertiary/aromatic N) is 2. The molecule has 6 nitrogen and oxygen atoms in total. The molecule has 2 aromatic rings. The molecule has 0 atom stereocenters. The minimum atomic E-state index is -0.942. The van der Waals surface area contributed by atoms with Gasteiger partial charge in [-0.1, -0.05) is 0 Å². The van der Waals surface area contributed by atoms with Crippen LogP contribution in [-0.2, 0) is 16.0 Å². The minimum absolute atomic E-state index is 0.155. The third-order valence-electron chi connectivity index (χ3n) is 2.23. The van der Waals surface area contributed by atoms with E-state index in [9.17, 15) is 9.59 Å². The molecule has 2 rings (SSSR count). The summed E-state index contributed by atoms with van der Waals surface area (Å²) in [4.78, 5) is 25.6. The van der Waals surface area contributed by atoms with Crippen LogP contribution in [0.5, 0.6) is 0 Å². The van der Waals surface area contributed by atoms with Crippen molar-refractivity contribution < 1.29 is 14.7 Å². The number of carboxylic acid groups (broad SMARTS) is 1. The standard InChI is InChI=1S/C11H11N3O3/c1-7(15)13-8-2-3-9-5-12-10(4-11(16)17)14(9)6-8/h2-3,5-6H,4H2,1H3,(H,13,15)(H,16,17). The molecule has 2 heterocycles. The number of amides is 1. The highest BCUT2D eigenvalue weighted by Gasteiger charge is 2.08. The lowest BCUT2D eigenvalue weighted by Gasteiger charge is -2.04.